The van der Waals surface area contributed by atoms with Crippen molar-refractivity contribution in [3.63, 3.8) is 0 Å². The Labute approximate surface area is 133 Å². The Kier molecular flexibility index (Phi) is 3.57. The minimum atomic E-state index is -0.492. The van der Waals surface area contributed by atoms with Crippen LogP contribution in [0.2, 0.25) is 0 Å². The molecule has 2 fully saturated rings. The van der Waals surface area contributed by atoms with Crippen LogP contribution in [0, 0.1) is 11.8 Å². The summed E-state index contributed by atoms with van der Waals surface area (Å²) in [4.78, 5) is 13.1. The van der Waals surface area contributed by atoms with Gasteiger partial charge in [0.2, 0.25) is 5.95 Å². The summed E-state index contributed by atoms with van der Waals surface area (Å²) in [5.74, 6) is 1.52. The fourth-order valence-corrected chi connectivity index (χ4v) is 3.38. The van der Waals surface area contributed by atoms with Gasteiger partial charge in [-0.15, -0.1) is 0 Å². The third-order valence-electron chi connectivity index (χ3n) is 4.95. The summed E-state index contributed by atoms with van der Waals surface area (Å²) in [7, 11) is 0. The molecule has 2 aromatic rings. The lowest BCUT2D eigenvalue weighted by molar-refractivity contribution is 0.0906. The first-order chi connectivity index (χ1) is 11.2. The van der Waals surface area contributed by atoms with Gasteiger partial charge in [0.1, 0.15) is 0 Å². The lowest BCUT2D eigenvalue weighted by Crippen LogP contribution is -2.16. The number of aliphatic hydroxyl groups excluding tert-OH is 2. The monoisotopic (exact) mass is 318 g/mol. The van der Waals surface area contributed by atoms with Crippen molar-refractivity contribution in [3.05, 3.63) is 6.33 Å². The van der Waals surface area contributed by atoms with Crippen LogP contribution in [0.1, 0.15) is 31.7 Å². The van der Waals surface area contributed by atoms with Gasteiger partial charge in [0.15, 0.2) is 17.0 Å². The summed E-state index contributed by atoms with van der Waals surface area (Å²) in [6.45, 7) is 0.878. The van der Waals surface area contributed by atoms with Gasteiger partial charge in [0.25, 0.3) is 0 Å². The molecule has 0 aliphatic heterocycles. The topological polar surface area (TPSA) is 122 Å². The Morgan fingerprint density at radius 1 is 1.30 bits per heavy atom. The van der Waals surface area contributed by atoms with Crippen molar-refractivity contribution >= 4 is 22.9 Å². The van der Waals surface area contributed by atoms with Gasteiger partial charge in [-0.2, -0.15) is 9.97 Å². The molecule has 124 valence electrons. The standard InChI is InChI=1S/C15H22N6O2/c16-15-19-13(17-5-8-1-2-8)12-14(20-15)21(7-18-12)10-3-9(6-22)11(23)4-10/h7-11,22-23H,1-6H2,(H3,16,17,19,20)/t9-,10-,11+/m1/s1. The molecular formula is C15H22N6O2. The minimum absolute atomic E-state index is 0.00435. The number of fused-ring (bicyclic) bond motifs is 1. The number of aliphatic hydroxyl groups is 2. The highest BCUT2D eigenvalue weighted by atomic mass is 16.3. The summed E-state index contributed by atoms with van der Waals surface area (Å²) in [6, 6.07) is 0.0673. The maximum atomic E-state index is 10.0. The average molecular weight is 318 g/mol. The number of nitrogen functional groups attached to an aromatic ring is 1. The predicted octanol–water partition coefficient (Wildman–Crippen LogP) is 0.535. The molecule has 8 nitrogen and oxygen atoms in total. The molecule has 2 saturated carbocycles. The van der Waals surface area contributed by atoms with Crippen LogP contribution in [0.5, 0.6) is 0 Å². The van der Waals surface area contributed by atoms with Crippen molar-refractivity contribution in [3.8, 4) is 0 Å². The highest BCUT2D eigenvalue weighted by Gasteiger charge is 2.34. The lowest BCUT2D eigenvalue weighted by atomic mass is 10.1. The van der Waals surface area contributed by atoms with E-state index in [4.69, 9.17) is 5.73 Å². The molecular weight excluding hydrogens is 296 g/mol. The summed E-state index contributed by atoms with van der Waals surface area (Å²) in [6.07, 6.45) is 5.05. The van der Waals surface area contributed by atoms with Gasteiger partial charge in [-0.05, 0) is 31.6 Å². The van der Waals surface area contributed by atoms with Crippen molar-refractivity contribution in [2.45, 2.75) is 37.8 Å². The Bertz CT molecular complexity index is 713. The Morgan fingerprint density at radius 2 is 2.13 bits per heavy atom. The van der Waals surface area contributed by atoms with Crippen LogP contribution in [-0.4, -0.2) is 49.0 Å². The van der Waals surface area contributed by atoms with Crippen LogP contribution in [0.25, 0.3) is 11.2 Å². The van der Waals surface area contributed by atoms with Crippen LogP contribution >= 0.6 is 0 Å². The smallest absolute Gasteiger partial charge is 0.224 e. The molecule has 0 unspecified atom stereocenters. The van der Waals surface area contributed by atoms with Gasteiger partial charge in [-0.1, -0.05) is 0 Å². The molecule has 4 rings (SSSR count). The normalized spacial score (nSPS) is 27.7. The van der Waals surface area contributed by atoms with Crippen LogP contribution in [0.4, 0.5) is 11.8 Å². The predicted molar refractivity (Wildman–Crippen MR) is 85.8 cm³/mol. The lowest BCUT2D eigenvalue weighted by Gasteiger charge is -2.13. The zero-order chi connectivity index (χ0) is 16.0. The molecule has 0 amide bonds. The molecule has 2 heterocycles. The van der Waals surface area contributed by atoms with Gasteiger partial charge in [-0.3, -0.25) is 0 Å². The van der Waals surface area contributed by atoms with E-state index in [0.717, 1.165) is 12.5 Å². The average Bonchev–Trinajstić information content (AvgIpc) is 3.15. The zero-order valence-electron chi connectivity index (χ0n) is 12.9. The second-order valence-electron chi connectivity index (χ2n) is 6.71. The molecule has 2 aliphatic rings. The molecule has 0 spiro atoms. The Hall–Kier alpha value is -1.93. The molecule has 3 atom stereocenters. The number of aromatic nitrogens is 4. The molecule has 23 heavy (non-hydrogen) atoms. The van der Waals surface area contributed by atoms with E-state index in [1.54, 1.807) is 6.33 Å². The molecule has 0 aromatic carbocycles. The quantitative estimate of drug-likeness (QED) is 0.634. The minimum Gasteiger partial charge on any atom is -0.396 e. The van der Waals surface area contributed by atoms with Crippen molar-refractivity contribution < 1.29 is 10.2 Å². The van der Waals surface area contributed by atoms with Gasteiger partial charge >= 0.3 is 0 Å². The van der Waals surface area contributed by atoms with E-state index < -0.39 is 6.10 Å². The van der Waals surface area contributed by atoms with Crippen molar-refractivity contribution in [1.82, 2.24) is 19.5 Å². The number of hydrogen-bond acceptors (Lipinski definition) is 7. The first kappa shape index (κ1) is 14.6. The molecule has 5 N–H and O–H groups in total. The third kappa shape index (κ3) is 2.72. The third-order valence-corrected chi connectivity index (χ3v) is 4.95. The Balaban J connectivity index is 1.65. The van der Waals surface area contributed by atoms with Gasteiger partial charge in [0, 0.05) is 25.1 Å². The van der Waals surface area contributed by atoms with Crippen LogP contribution < -0.4 is 11.1 Å². The fraction of sp³-hybridized carbons (Fsp3) is 0.667. The number of imidazole rings is 1. The van der Waals surface area contributed by atoms with E-state index >= 15 is 0 Å². The number of nitrogens with two attached hydrogens (primary N) is 1. The largest absolute Gasteiger partial charge is 0.396 e. The van der Waals surface area contributed by atoms with E-state index in [1.165, 1.54) is 12.8 Å². The van der Waals surface area contributed by atoms with Crippen molar-refractivity contribution in [2.24, 2.45) is 11.8 Å². The number of rotatable bonds is 5. The van der Waals surface area contributed by atoms with E-state index in [0.29, 0.717) is 29.8 Å². The molecule has 8 heteroatoms. The van der Waals surface area contributed by atoms with Crippen LogP contribution in [0.3, 0.4) is 0 Å². The van der Waals surface area contributed by atoms with E-state index in [-0.39, 0.29) is 24.5 Å². The van der Waals surface area contributed by atoms with E-state index in [1.807, 2.05) is 4.57 Å². The Morgan fingerprint density at radius 3 is 2.83 bits per heavy atom. The number of nitrogens with one attached hydrogen (secondary N) is 1. The highest BCUT2D eigenvalue weighted by molar-refractivity contribution is 5.84. The fourth-order valence-electron chi connectivity index (χ4n) is 3.38. The summed E-state index contributed by atoms with van der Waals surface area (Å²) < 4.78 is 1.95. The molecule has 0 bridgehead atoms. The molecule has 2 aromatic heterocycles. The van der Waals surface area contributed by atoms with Crippen LogP contribution in [-0.2, 0) is 0 Å². The molecule has 2 aliphatic carbocycles. The molecule has 0 saturated heterocycles. The number of anilines is 2. The van der Waals surface area contributed by atoms with Crippen LogP contribution in [0.15, 0.2) is 6.33 Å². The second-order valence-corrected chi connectivity index (χ2v) is 6.71. The maximum absolute atomic E-state index is 10.0. The van der Waals surface area contributed by atoms with Gasteiger partial charge in [-0.25, -0.2) is 4.98 Å². The van der Waals surface area contributed by atoms with E-state index in [2.05, 4.69) is 20.3 Å². The first-order valence-corrected chi connectivity index (χ1v) is 8.18. The highest BCUT2D eigenvalue weighted by Crippen LogP contribution is 2.37. The second kappa shape index (κ2) is 5.61. The summed E-state index contributed by atoms with van der Waals surface area (Å²) >= 11 is 0. The zero-order valence-corrected chi connectivity index (χ0v) is 12.9. The van der Waals surface area contributed by atoms with E-state index in [9.17, 15) is 10.2 Å². The van der Waals surface area contributed by atoms with Gasteiger partial charge < -0.3 is 25.8 Å². The number of hydrogen-bond donors (Lipinski definition) is 4. The summed E-state index contributed by atoms with van der Waals surface area (Å²) in [5, 5.41) is 22.7. The SMILES string of the molecule is Nc1nc(NCC2CC2)c2ncn([C@@H]3C[C@H](CO)[C@@H](O)C3)c2n1. The number of nitrogens with zero attached hydrogens (tertiary/aromatic N) is 4. The summed E-state index contributed by atoms with van der Waals surface area (Å²) in [5.41, 5.74) is 7.26. The van der Waals surface area contributed by atoms with Crippen molar-refractivity contribution in [2.75, 3.05) is 24.2 Å². The maximum Gasteiger partial charge on any atom is 0.224 e. The van der Waals surface area contributed by atoms with Gasteiger partial charge in [0.05, 0.1) is 12.4 Å². The van der Waals surface area contributed by atoms with Crippen molar-refractivity contribution in [1.29, 1.82) is 0 Å². The molecule has 0 radical (unpaired) electrons. The first-order valence-electron chi connectivity index (χ1n) is 8.18.